The monoisotopic (exact) mass is 318 g/mol. The summed E-state index contributed by atoms with van der Waals surface area (Å²) >= 11 is 1.67. The highest BCUT2D eigenvalue weighted by molar-refractivity contribution is 7.18. The number of hydrogen-bond acceptors (Lipinski definition) is 5. The van der Waals surface area contributed by atoms with E-state index in [9.17, 15) is 4.79 Å². The number of hydrogen-bond donors (Lipinski definition) is 0. The highest BCUT2D eigenvalue weighted by Gasteiger charge is 2.33. The van der Waals surface area contributed by atoms with E-state index in [2.05, 4.69) is 41.7 Å². The number of nitrogens with zero attached hydrogens (tertiary/aromatic N) is 4. The van der Waals surface area contributed by atoms with E-state index >= 15 is 0 Å². The highest BCUT2D eigenvalue weighted by Crippen LogP contribution is 2.31. The summed E-state index contributed by atoms with van der Waals surface area (Å²) in [6.07, 6.45) is 1.60. The van der Waals surface area contributed by atoms with Gasteiger partial charge in [-0.25, -0.2) is 9.97 Å². The fourth-order valence-electron chi connectivity index (χ4n) is 3.03. The van der Waals surface area contributed by atoms with Crippen molar-refractivity contribution in [3.05, 3.63) is 17.3 Å². The van der Waals surface area contributed by atoms with Crippen LogP contribution in [0.25, 0.3) is 10.2 Å². The minimum absolute atomic E-state index is 0.175. The SMILES string of the molecule is Cc1cc2c(N3CCN(CC(C)C)C(=O)[C@H]3C)ncnc2s1. The lowest BCUT2D eigenvalue weighted by molar-refractivity contribution is -0.134. The van der Waals surface area contributed by atoms with Gasteiger partial charge in [-0.1, -0.05) is 13.8 Å². The van der Waals surface area contributed by atoms with Gasteiger partial charge in [0.15, 0.2) is 0 Å². The number of carbonyl (C=O) groups excluding carboxylic acids is 1. The maximum Gasteiger partial charge on any atom is 0.245 e. The van der Waals surface area contributed by atoms with Crippen molar-refractivity contribution in [1.82, 2.24) is 14.9 Å². The van der Waals surface area contributed by atoms with E-state index in [0.717, 1.165) is 35.7 Å². The number of anilines is 1. The van der Waals surface area contributed by atoms with Gasteiger partial charge in [0.25, 0.3) is 0 Å². The quantitative estimate of drug-likeness (QED) is 0.873. The molecule has 0 N–H and O–H groups in total. The van der Waals surface area contributed by atoms with Crippen LogP contribution in [0.5, 0.6) is 0 Å². The standard InChI is InChI=1S/C16H22N4OS/c1-10(2)8-19-5-6-20(12(4)16(19)21)14-13-7-11(3)22-15(13)18-9-17-14/h7,9-10,12H,5-6,8H2,1-4H3/t12-/m1/s1. The molecule has 1 aliphatic heterocycles. The Kier molecular flexibility index (Phi) is 4.04. The first-order chi connectivity index (χ1) is 10.5. The molecule has 1 saturated heterocycles. The van der Waals surface area contributed by atoms with Crippen molar-refractivity contribution in [2.24, 2.45) is 5.92 Å². The smallest absolute Gasteiger partial charge is 0.245 e. The van der Waals surface area contributed by atoms with Gasteiger partial charge in [0.05, 0.1) is 5.39 Å². The third-order valence-corrected chi connectivity index (χ3v) is 5.00. The molecule has 0 unspecified atom stereocenters. The number of aromatic nitrogens is 2. The van der Waals surface area contributed by atoms with E-state index in [-0.39, 0.29) is 11.9 Å². The number of thiophene rings is 1. The van der Waals surface area contributed by atoms with Gasteiger partial charge in [0.2, 0.25) is 5.91 Å². The van der Waals surface area contributed by atoms with Gasteiger partial charge in [0, 0.05) is 24.5 Å². The number of aryl methyl sites for hydroxylation is 1. The van der Waals surface area contributed by atoms with Crippen molar-refractivity contribution < 1.29 is 4.79 Å². The van der Waals surface area contributed by atoms with Gasteiger partial charge < -0.3 is 9.80 Å². The third kappa shape index (κ3) is 2.67. The number of amides is 1. The van der Waals surface area contributed by atoms with Gasteiger partial charge in [-0.3, -0.25) is 4.79 Å². The Hall–Kier alpha value is -1.69. The minimum atomic E-state index is -0.175. The van der Waals surface area contributed by atoms with Crippen molar-refractivity contribution in [2.75, 3.05) is 24.5 Å². The number of piperazine rings is 1. The van der Waals surface area contributed by atoms with Gasteiger partial charge >= 0.3 is 0 Å². The van der Waals surface area contributed by atoms with Crippen LogP contribution in [0.4, 0.5) is 5.82 Å². The summed E-state index contributed by atoms with van der Waals surface area (Å²) in [5.74, 6) is 1.58. The Morgan fingerprint density at radius 1 is 1.36 bits per heavy atom. The van der Waals surface area contributed by atoms with Gasteiger partial charge in [0.1, 0.15) is 23.0 Å². The molecule has 3 rings (SSSR count). The van der Waals surface area contributed by atoms with Crippen LogP contribution in [0.2, 0.25) is 0 Å². The summed E-state index contributed by atoms with van der Waals surface area (Å²) < 4.78 is 0. The van der Waals surface area contributed by atoms with Gasteiger partial charge in [-0.2, -0.15) is 0 Å². The third-order valence-electron chi connectivity index (χ3n) is 4.04. The Morgan fingerprint density at radius 2 is 2.14 bits per heavy atom. The fraction of sp³-hybridized carbons (Fsp3) is 0.562. The Labute approximate surface area is 135 Å². The average Bonchev–Trinajstić information content (AvgIpc) is 2.84. The predicted octanol–water partition coefficient (Wildman–Crippen LogP) is 2.69. The molecule has 5 nitrogen and oxygen atoms in total. The molecule has 118 valence electrons. The van der Waals surface area contributed by atoms with Crippen LogP contribution in [-0.4, -0.2) is 46.5 Å². The predicted molar refractivity (Wildman–Crippen MR) is 90.4 cm³/mol. The first-order valence-electron chi connectivity index (χ1n) is 7.74. The normalized spacial score (nSPS) is 19.5. The molecule has 3 heterocycles. The van der Waals surface area contributed by atoms with Crippen LogP contribution in [-0.2, 0) is 4.79 Å². The van der Waals surface area contributed by atoms with Crippen molar-refractivity contribution in [1.29, 1.82) is 0 Å². The molecule has 2 aromatic heterocycles. The van der Waals surface area contributed by atoms with Gasteiger partial charge in [-0.05, 0) is 25.8 Å². The molecule has 1 fully saturated rings. The van der Waals surface area contributed by atoms with Crippen molar-refractivity contribution >= 4 is 33.3 Å². The molecule has 1 aliphatic rings. The van der Waals surface area contributed by atoms with Crippen LogP contribution < -0.4 is 4.90 Å². The first-order valence-corrected chi connectivity index (χ1v) is 8.55. The van der Waals surface area contributed by atoms with E-state index in [1.165, 1.54) is 4.88 Å². The summed E-state index contributed by atoms with van der Waals surface area (Å²) in [6.45, 7) is 10.7. The summed E-state index contributed by atoms with van der Waals surface area (Å²) in [5.41, 5.74) is 0. The molecule has 6 heteroatoms. The second-order valence-electron chi connectivity index (χ2n) is 6.32. The van der Waals surface area contributed by atoms with Crippen LogP contribution in [0.1, 0.15) is 25.6 Å². The van der Waals surface area contributed by atoms with Gasteiger partial charge in [-0.15, -0.1) is 11.3 Å². The lowest BCUT2D eigenvalue weighted by Crippen LogP contribution is -2.56. The van der Waals surface area contributed by atoms with E-state index in [1.807, 2.05) is 11.8 Å². The summed E-state index contributed by atoms with van der Waals surface area (Å²) in [5, 5.41) is 1.06. The van der Waals surface area contributed by atoms with Crippen molar-refractivity contribution in [2.45, 2.75) is 33.7 Å². The first kappa shape index (κ1) is 15.2. The fourth-order valence-corrected chi connectivity index (χ4v) is 3.88. The second-order valence-corrected chi connectivity index (χ2v) is 7.56. The maximum absolute atomic E-state index is 12.6. The molecule has 2 aromatic rings. The molecular formula is C16H22N4OS. The average molecular weight is 318 g/mol. The molecule has 0 bridgehead atoms. The van der Waals surface area contributed by atoms with E-state index in [0.29, 0.717) is 5.92 Å². The van der Waals surface area contributed by atoms with Crippen molar-refractivity contribution in [3.63, 3.8) is 0 Å². The Morgan fingerprint density at radius 3 is 2.86 bits per heavy atom. The summed E-state index contributed by atoms with van der Waals surface area (Å²) in [6, 6.07) is 1.94. The maximum atomic E-state index is 12.6. The zero-order valence-corrected chi connectivity index (χ0v) is 14.4. The molecular weight excluding hydrogens is 296 g/mol. The largest absolute Gasteiger partial charge is 0.342 e. The van der Waals surface area contributed by atoms with Crippen molar-refractivity contribution in [3.8, 4) is 0 Å². The minimum Gasteiger partial charge on any atom is -0.342 e. The molecule has 22 heavy (non-hydrogen) atoms. The second kappa shape index (κ2) is 5.83. The summed E-state index contributed by atoms with van der Waals surface area (Å²) in [4.78, 5) is 27.7. The Bertz CT molecular complexity index is 697. The highest BCUT2D eigenvalue weighted by atomic mass is 32.1. The Balaban J connectivity index is 1.90. The molecule has 0 spiro atoms. The van der Waals surface area contributed by atoms with Crippen LogP contribution >= 0.6 is 11.3 Å². The van der Waals surface area contributed by atoms with E-state index in [4.69, 9.17) is 0 Å². The molecule has 0 aromatic carbocycles. The zero-order valence-electron chi connectivity index (χ0n) is 13.5. The molecule has 0 aliphatic carbocycles. The molecule has 0 radical (unpaired) electrons. The van der Waals surface area contributed by atoms with Crippen LogP contribution in [0.15, 0.2) is 12.4 Å². The van der Waals surface area contributed by atoms with E-state index < -0.39 is 0 Å². The van der Waals surface area contributed by atoms with Crippen LogP contribution in [0.3, 0.4) is 0 Å². The lowest BCUT2D eigenvalue weighted by atomic mass is 10.1. The van der Waals surface area contributed by atoms with Crippen LogP contribution in [0, 0.1) is 12.8 Å². The molecule has 0 saturated carbocycles. The summed E-state index contributed by atoms with van der Waals surface area (Å²) in [7, 11) is 0. The topological polar surface area (TPSA) is 49.3 Å². The molecule has 1 atom stereocenters. The number of carbonyl (C=O) groups is 1. The lowest BCUT2D eigenvalue weighted by Gasteiger charge is -2.40. The van der Waals surface area contributed by atoms with E-state index in [1.54, 1.807) is 17.7 Å². The zero-order chi connectivity index (χ0) is 15.9. The number of rotatable bonds is 3. The molecule has 1 amide bonds. The number of fused-ring (bicyclic) bond motifs is 1.